The summed E-state index contributed by atoms with van der Waals surface area (Å²) >= 11 is 5.75. The van der Waals surface area contributed by atoms with Gasteiger partial charge in [0.15, 0.2) is 0 Å². The van der Waals surface area contributed by atoms with Crippen LogP contribution in [0.2, 0.25) is 5.15 Å². The minimum absolute atomic E-state index is 0.200. The van der Waals surface area contributed by atoms with Gasteiger partial charge in [-0.05, 0) is 28.7 Å². The lowest BCUT2D eigenvalue weighted by molar-refractivity contribution is 0.590. The summed E-state index contributed by atoms with van der Waals surface area (Å²) in [6.45, 7) is 7.45. The van der Waals surface area contributed by atoms with Crippen LogP contribution in [0, 0.1) is 0 Å². The summed E-state index contributed by atoms with van der Waals surface area (Å²) in [7, 11) is 0. The van der Waals surface area contributed by atoms with E-state index in [9.17, 15) is 0 Å². The molecule has 0 atom stereocenters. The number of halogens is 1. The fraction of sp³-hybridized carbons (Fsp3) is 0.312. The third-order valence-corrected chi connectivity index (χ3v) is 3.27. The average Bonchev–Trinajstić information content (AvgIpc) is 2.37. The highest BCUT2D eigenvalue weighted by Crippen LogP contribution is 2.22. The van der Waals surface area contributed by atoms with Gasteiger partial charge in [-0.15, -0.1) is 0 Å². The Kier molecular flexibility index (Phi) is 4.11. The summed E-state index contributed by atoms with van der Waals surface area (Å²) in [4.78, 5) is 4.04. The average molecular weight is 275 g/mol. The molecule has 2 rings (SSSR count). The van der Waals surface area contributed by atoms with Gasteiger partial charge < -0.3 is 5.32 Å². The number of aromatic nitrogens is 1. The van der Waals surface area contributed by atoms with Gasteiger partial charge in [0.05, 0.1) is 11.9 Å². The molecule has 0 radical (unpaired) electrons. The van der Waals surface area contributed by atoms with Crippen LogP contribution in [0.25, 0.3) is 0 Å². The fourth-order valence-corrected chi connectivity index (χ4v) is 1.92. The first kappa shape index (κ1) is 13.9. The molecule has 0 spiro atoms. The fourth-order valence-electron chi connectivity index (χ4n) is 1.81. The molecule has 1 aromatic carbocycles. The van der Waals surface area contributed by atoms with E-state index < -0.39 is 0 Å². The van der Waals surface area contributed by atoms with Gasteiger partial charge in [-0.1, -0.05) is 56.6 Å². The largest absolute Gasteiger partial charge is 0.380 e. The van der Waals surface area contributed by atoms with Crippen molar-refractivity contribution < 1.29 is 0 Å². The Morgan fingerprint density at radius 1 is 1.05 bits per heavy atom. The summed E-state index contributed by atoms with van der Waals surface area (Å²) in [5.41, 5.74) is 3.78. The van der Waals surface area contributed by atoms with Crippen molar-refractivity contribution in [3.05, 3.63) is 58.9 Å². The van der Waals surface area contributed by atoms with E-state index in [1.807, 2.05) is 6.07 Å². The summed E-state index contributed by atoms with van der Waals surface area (Å²) in [6.07, 6.45) is 1.74. The van der Waals surface area contributed by atoms with Crippen LogP contribution >= 0.6 is 11.6 Å². The minimum Gasteiger partial charge on any atom is -0.380 e. The molecule has 1 heterocycles. The molecule has 0 aliphatic heterocycles. The standard InChI is InChI=1S/C16H19ClN2/c1-16(2,3)13-6-4-12(5-7-13)10-18-14-8-9-15(17)19-11-14/h4-9,11,18H,10H2,1-3H3. The van der Waals surface area contributed by atoms with Gasteiger partial charge in [0, 0.05) is 6.54 Å². The predicted molar refractivity (Wildman–Crippen MR) is 81.7 cm³/mol. The van der Waals surface area contributed by atoms with E-state index >= 15 is 0 Å². The number of pyridine rings is 1. The highest BCUT2D eigenvalue weighted by molar-refractivity contribution is 6.29. The second-order valence-corrected chi connectivity index (χ2v) is 6.06. The summed E-state index contributed by atoms with van der Waals surface area (Å²) < 4.78 is 0. The lowest BCUT2D eigenvalue weighted by Crippen LogP contribution is -2.11. The monoisotopic (exact) mass is 274 g/mol. The molecule has 3 heteroatoms. The molecule has 0 bridgehead atoms. The maximum atomic E-state index is 5.75. The number of hydrogen-bond donors (Lipinski definition) is 1. The Balaban J connectivity index is 1.98. The molecule has 1 N–H and O–H groups in total. The number of nitrogens with one attached hydrogen (secondary N) is 1. The first-order valence-corrected chi connectivity index (χ1v) is 6.78. The Hall–Kier alpha value is -1.54. The van der Waals surface area contributed by atoms with Gasteiger partial charge >= 0.3 is 0 Å². The zero-order chi connectivity index (χ0) is 13.9. The number of hydrogen-bond acceptors (Lipinski definition) is 2. The molecule has 0 fully saturated rings. The highest BCUT2D eigenvalue weighted by Gasteiger charge is 2.12. The number of benzene rings is 1. The van der Waals surface area contributed by atoms with Crippen molar-refractivity contribution in [1.82, 2.24) is 4.98 Å². The second-order valence-electron chi connectivity index (χ2n) is 5.67. The smallest absolute Gasteiger partial charge is 0.129 e. The van der Waals surface area contributed by atoms with Gasteiger partial charge in [-0.3, -0.25) is 0 Å². The van der Waals surface area contributed by atoms with Crippen LogP contribution < -0.4 is 5.32 Å². The minimum atomic E-state index is 0.200. The molecule has 0 saturated carbocycles. The van der Waals surface area contributed by atoms with E-state index in [1.165, 1.54) is 11.1 Å². The van der Waals surface area contributed by atoms with Crippen LogP contribution in [0.1, 0.15) is 31.9 Å². The first-order chi connectivity index (χ1) is 8.95. The molecule has 100 valence electrons. The first-order valence-electron chi connectivity index (χ1n) is 6.40. The van der Waals surface area contributed by atoms with Gasteiger partial charge in [0.25, 0.3) is 0 Å². The molecule has 19 heavy (non-hydrogen) atoms. The summed E-state index contributed by atoms with van der Waals surface area (Å²) in [5.74, 6) is 0. The van der Waals surface area contributed by atoms with Crippen LogP contribution in [0.4, 0.5) is 5.69 Å². The molecule has 0 unspecified atom stereocenters. The van der Waals surface area contributed by atoms with Crippen LogP contribution in [-0.2, 0) is 12.0 Å². The van der Waals surface area contributed by atoms with Crippen LogP contribution in [0.3, 0.4) is 0 Å². The molecule has 0 aliphatic carbocycles. The van der Waals surface area contributed by atoms with E-state index in [-0.39, 0.29) is 5.41 Å². The van der Waals surface area contributed by atoms with Gasteiger partial charge in [-0.25, -0.2) is 4.98 Å². The Bertz CT molecular complexity index is 524. The zero-order valence-corrected chi connectivity index (χ0v) is 12.3. The highest BCUT2D eigenvalue weighted by atomic mass is 35.5. The Morgan fingerprint density at radius 2 is 1.74 bits per heavy atom. The normalized spacial score (nSPS) is 11.4. The molecule has 2 nitrogen and oxygen atoms in total. The van der Waals surface area contributed by atoms with Crippen molar-refractivity contribution in [2.24, 2.45) is 0 Å². The van der Waals surface area contributed by atoms with E-state index in [0.717, 1.165) is 12.2 Å². The maximum Gasteiger partial charge on any atom is 0.129 e. The third kappa shape index (κ3) is 3.97. The van der Waals surface area contributed by atoms with Crippen LogP contribution in [0.15, 0.2) is 42.6 Å². The molecular weight excluding hydrogens is 256 g/mol. The van der Waals surface area contributed by atoms with E-state index in [0.29, 0.717) is 5.15 Å². The second kappa shape index (κ2) is 5.62. The number of anilines is 1. The van der Waals surface area contributed by atoms with E-state index in [1.54, 1.807) is 12.3 Å². The lowest BCUT2D eigenvalue weighted by atomic mass is 9.87. The maximum absolute atomic E-state index is 5.75. The molecule has 1 aromatic heterocycles. The van der Waals surface area contributed by atoms with Crippen LogP contribution in [-0.4, -0.2) is 4.98 Å². The van der Waals surface area contributed by atoms with Gasteiger partial charge in [0.1, 0.15) is 5.15 Å². The number of rotatable bonds is 3. The molecule has 0 amide bonds. The van der Waals surface area contributed by atoms with Crippen molar-refractivity contribution in [3.63, 3.8) is 0 Å². The quantitative estimate of drug-likeness (QED) is 0.825. The van der Waals surface area contributed by atoms with Gasteiger partial charge in [0.2, 0.25) is 0 Å². The van der Waals surface area contributed by atoms with Crippen molar-refractivity contribution in [3.8, 4) is 0 Å². The SMILES string of the molecule is CC(C)(C)c1ccc(CNc2ccc(Cl)nc2)cc1. The summed E-state index contributed by atoms with van der Waals surface area (Å²) in [6, 6.07) is 12.4. The van der Waals surface area contributed by atoms with Crippen molar-refractivity contribution in [1.29, 1.82) is 0 Å². The van der Waals surface area contributed by atoms with Crippen LogP contribution in [0.5, 0.6) is 0 Å². The van der Waals surface area contributed by atoms with Crippen molar-refractivity contribution in [2.75, 3.05) is 5.32 Å². The summed E-state index contributed by atoms with van der Waals surface area (Å²) in [5, 5.41) is 3.84. The lowest BCUT2D eigenvalue weighted by Gasteiger charge is -2.19. The van der Waals surface area contributed by atoms with Crippen molar-refractivity contribution >= 4 is 17.3 Å². The van der Waals surface area contributed by atoms with E-state index in [2.05, 4.69) is 55.3 Å². The third-order valence-electron chi connectivity index (χ3n) is 3.04. The molecule has 0 aliphatic rings. The zero-order valence-electron chi connectivity index (χ0n) is 11.6. The molecular formula is C16H19ClN2. The molecule has 0 saturated heterocycles. The molecule has 2 aromatic rings. The predicted octanol–water partition coefficient (Wildman–Crippen LogP) is 4.64. The Morgan fingerprint density at radius 3 is 2.26 bits per heavy atom. The Labute approximate surface area is 119 Å². The topological polar surface area (TPSA) is 24.9 Å². The van der Waals surface area contributed by atoms with Gasteiger partial charge in [-0.2, -0.15) is 0 Å². The van der Waals surface area contributed by atoms with Crippen molar-refractivity contribution in [2.45, 2.75) is 32.7 Å². The number of nitrogens with zero attached hydrogens (tertiary/aromatic N) is 1. The van der Waals surface area contributed by atoms with E-state index in [4.69, 9.17) is 11.6 Å².